The number of aliphatic hydroxyl groups excluding tert-OH is 1. The first-order chi connectivity index (χ1) is 10.1. The van der Waals surface area contributed by atoms with E-state index in [1.807, 2.05) is 0 Å². The number of hydrogen-bond acceptors (Lipinski definition) is 3. The zero-order valence-electron chi connectivity index (χ0n) is 11.3. The molecule has 0 aliphatic carbocycles. The quantitative estimate of drug-likeness (QED) is 0.882. The molecule has 0 spiro atoms. The first-order valence-electron chi connectivity index (χ1n) is 6.56. The first-order valence-corrected chi connectivity index (χ1v) is 7.35. The molecule has 2 aromatic rings. The Morgan fingerprint density at radius 2 is 2.00 bits per heavy atom. The zero-order chi connectivity index (χ0) is 15.0. The lowest BCUT2D eigenvalue weighted by Gasteiger charge is -2.30. The molecule has 2 atom stereocenters. The Balaban J connectivity index is 1.96. The molecule has 0 aromatic heterocycles. The SMILES string of the molecule is COc1ccc2c(c1)OC(c1ccc(F)cc1Br)C[C@H]2O. The molecule has 0 saturated carbocycles. The summed E-state index contributed by atoms with van der Waals surface area (Å²) in [6.07, 6.45) is -0.542. The minimum absolute atomic E-state index is 0.316. The van der Waals surface area contributed by atoms with Crippen molar-refractivity contribution in [3.05, 3.63) is 57.8 Å². The minimum Gasteiger partial charge on any atom is -0.497 e. The molecule has 0 saturated heterocycles. The Kier molecular flexibility index (Phi) is 3.87. The average Bonchev–Trinajstić information content (AvgIpc) is 2.46. The number of hydrogen-bond donors (Lipinski definition) is 1. The van der Waals surface area contributed by atoms with E-state index in [1.54, 1.807) is 31.4 Å². The summed E-state index contributed by atoms with van der Waals surface area (Å²) in [5, 5.41) is 10.3. The summed E-state index contributed by atoms with van der Waals surface area (Å²) in [6.45, 7) is 0. The molecule has 1 heterocycles. The molecule has 110 valence electrons. The van der Waals surface area contributed by atoms with Crippen LogP contribution in [0.2, 0.25) is 0 Å². The van der Waals surface area contributed by atoms with Gasteiger partial charge in [0.25, 0.3) is 0 Å². The molecule has 1 N–H and O–H groups in total. The molecule has 1 aliphatic heterocycles. The highest BCUT2D eigenvalue weighted by Crippen LogP contribution is 2.43. The Morgan fingerprint density at radius 1 is 1.24 bits per heavy atom. The van der Waals surface area contributed by atoms with Gasteiger partial charge in [-0.25, -0.2) is 4.39 Å². The number of halogens is 2. The predicted octanol–water partition coefficient (Wildman–Crippen LogP) is 4.15. The normalized spacial score (nSPS) is 20.6. The largest absolute Gasteiger partial charge is 0.497 e. The average molecular weight is 353 g/mol. The zero-order valence-corrected chi connectivity index (χ0v) is 12.9. The van der Waals surface area contributed by atoms with Crippen LogP contribution >= 0.6 is 15.9 Å². The summed E-state index contributed by atoms with van der Waals surface area (Å²) in [4.78, 5) is 0. The van der Waals surface area contributed by atoms with Gasteiger partial charge in [-0.2, -0.15) is 0 Å². The number of methoxy groups -OCH3 is 1. The van der Waals surface area contributed by atoms with Crippen LogP contribution in [0.1, 0.15) is 29.8 Å². The lowest BCUT2D eigenvalue weighted by molar-refractivity contribution is 0.0651. The number of ether oxygens (including phenoxy) is 2. The van der Waals surface area contributed by atoms with Crippen LogP contribution < -0.4 is 9.47 Å². The van der Waals surface area contributed by atoms with Crippen molar-refractivity contribution in [2.45, 2.75) is 18.6 Å². The standard InChI is InChI=1S/C16H14BrFO3/c1-20-10-3-5-12-14(19)8-16(21-15(12)7-10)11-4-2-9(18)6-13(11)17/h2-7,14,16,19H,8H2,1H3/t14-,16?/m1/s1. The van der Waals surface area contributed by atoms with Crippen molar-refractivity contribution in [2.75, 3.05) is 7.11 Å². The van der Waals surface area contributed by atoms with Crippen LogP contribution in [0.5, 0.6) is 11.5 Å². The molecule has 2 aromatic carbocycles. The Labute approximate surface area is 130 Å². The van der Waals surface area contributed by atoms with Crippen molar-refractivity contribution in [3.63, 3.8) is 0 Å². The Morgan fingerprint density at radius 3 is 2.71 bits per heavy atom. The van der Waals surface area contributed by atoms with Gasteiger partial charge in [0, 0.05) is 28.1 Å². The number of rotatable bonds is 2. The highest BCUT2D eigenvalue weighted by Gasteiger charge is 2.29. The van der Waals surface area contributed by atoms with Gasteiger partial charge in [0.2, 0.25) is 0 Å². The summed E-state index contributed by atoms with van der Waals surface area (Å²) < 4.78 is 25.0. The van der Waals surface area contributed by atoms with Gasteiger partial charge >= 0.3 is 0 Å². The van der Waals surface area contributed by atoms with Gasteiger partial charge in [-0.15, -0.1) is 0 Å². The molecule has 3 nitrogen and oxygen atoms in total. The highest BCUT2D eigenvalue weighted by molar-refractivity contribution is 9.10. The van der Waals surface area contributed by atoms with Crippen LogP contribution in [0.15, 0.2) is 40.9 Å². The predicted molar refractivity (Wildman–Crippen MR) is 80.0 cm³/mol. The third-order valence-corrected chi connectivity index (χ3v) is 4.28. The second kappa shape index (κ2) is 5.66. The topological polar surface area (TPSA) is 38.7 Å². The molecule has 21 heavy (non-hydrogen) atoms. The molecule has 3 rings (SSSR count). The Hall–Kier alpha value is -1.59. The summed E-state index contributed by atoms with van der Waals surface area (Å²) in [5.41, 5.74) is 1.55. The van der Waals surface area contributed by atoms with Crippen LogP contribution in [0, 0.1) is 5.82 Å². The smallest absolute Gasteiger partial charge is 0.129 e. The first kappa shape index (κ1) is 14.4. The van der Waals surface area contributed by atoms with E-state index in [0.29, 0.717) is 22.4 Å². The van der Waals surface area contributed by atoms with Crippen LogP contribution in [-0.2, 0) is 0 Å². The maximum atomic E-state index is 13.2. The van der Waals surface area contributed by atoms with Crippen molar-refractivity contribution in [2.24, 2.45) is 0 Å². The van der Waals surface area contributed by atoms with Crippen molar-refractivity contribution < 1.29 is 19.0 Å². The summed E-state index contributed by atoms with van der Waals surface area (Å²) in [5.74, 6) is 0.943. The second-order valence-corrected chi connectivity index (χ2v) is 5.78. The van der Waals surface area contributed by atoms with Gasteiger partial charge in [-0.1, -0.05) is 22.0 Å². The molecular weight excluding hydrogens is 339 g/mol. The van der Waals surface area contributed by atoms with Crippen molar-refractivity contribution in [3.8, 4) is 11.5 Å². The van der Waals surface area contributed by atoms with Gasteiger partial charge in [0.15, 0.2) is 0 Å². The molecule has 0 amide bonds. The lowest BCUT2D eigenvalue weighted by Crippen LogP contribution is -2.19. The van der Waals surface area contributed by atoms with Crippen LogP contribution in [0.25, 0.3) is 0 Å². The van der Waals surface area contributed by atoms with Gasteiger partial charge in [-0.3, -0.25) is 0 Å². The molecule has 1 aliphatic rings. The summed E-state index contributed by atoms with van der Waals surface area (Å²) in [6, 6.07) is 9.79. The number of benzene rings is 2. The van der Waals surface area contributed by atoms with E-state index < -0.39 is 6.10 Å². The van der Waals surface area contributed by atoms with E-state index >= 15 is 0 Å². The fourth-order valence-electron chi connectivity index (χ4n) is 2.50. The number of aliphatic hydroxyl groups is 1. The fourth-order valence-corrected chi connectivity index (χ4v) is 3.11. The lowest BCUT2D eigenvalue weighted by atomic mass is 9.95. The van der Waals surface area contributed by atoms with E-state index in [9.17, 15) is 9.50 Å². The Bertz CT molecular complexity index is 675. The highest BCUT2D eigenvalue weighted by atomic mass is 79.9. The second-order valence-electron chi connectivity index (χ2n) is 4.93. The third-order valence-electron chi connectivity index (χ3n) is 3.60. The van der Waals surface area contributed by atoms with E-state index in [-0.39, 0.29) is 11.9 Å². The van der Waals surface area contributed by atoms with E-state index in [0.717, 1.165) is 11.1 Å². The molecule has 5 heteroatoms. The van der Waals surface area contributed by atoms with Gasteiger partial charge in [-0.05, 0) is 24.3 Å². The van der Waals surface area contributed by atoms with Gasteiger partial charge < -0.3 is 14.6 Å². The third kappa shape index (κ3) is 2.76. The minimum atomic E-state index is -0.624. The van der Waals surface area contributed by atoms with Crippen molar-refractivity contribution in [1.82, 2.24) is 0 Å². The molecule has 0 bridgehead atoms. The van der Waals surface area contributed by atoms with Crippen LogP contribution in [0.4, 0.5) is 4.39 Å². The van der Waals surface area contributed by atoms with E-state index in [1.165, 1.54) is 12.1 Å². The molecular formula is C16H14BrFO3. The molecule has 1 unspecified atom stereocenters. The van der Waals surface area contributed by atoms with Crippen molar-refractivity contribution >= 4 is 15.9 Å². The van der Waals surface area contributed by atoms with Crippen LogP contribution in [-0.4, -0.2) is 12.2 Å². The van der Waals surface area contributed by atoms with Crippen molar-refractivity contribution in [1.29, 1.82) is 0 Å². The summed E-state index contributed by atoms with van der Waals surface area (Å²) in [7, 11) is 1.58. The molecule has 0 fully saturated rings. The van der Waals surface area contributed by atoms with Gasteiger partial charge in [0.1, 0.15) is 23.4 Å². The maximum Gasteiger partial charge on any atom is 0.129 e. The number of fused-ring (bicyclic) bond motifs is 1. The monoisotopic (exact) mass is 352 g/mol. The van der Waals surface area contributed by atoms with Gasteiger partial charge in [0.05, 0.1) is 13.2 Å². The van der Waals surface area contributed by atoms with E-state index in [2.05, 4.69) is 15.9 Å². The summed E-state index contributed by atoms with van der Waals surface area (Å²) >= 11 is 3.34. The maximum absolute atomic E-state index is 13.2. The molecule has 0 radical (unpaired) electrons. The fraction of sp³-hybridized carbons (Fsp3) is 0.250. The van der Waals surface area contributed by atoms with E-state index in [4.69, 9.17) is 9.47 Å². The van der Waals surface area contributed by atoms with Crippen LogP contribution in [0.3, 0.4) is 0 Å².